The van der Waals surface area contributed by atoms with Gasteiger partial charge in [-0.2, -0.15) is 18.4 Å². The van der Waals surface area contributed by atoms with Crippen LogP contribution in [0.25, 0.3) is 6.08 Å². The van der Waals surface area contributed by atoms with Crippen molar-refractivity contribution >= 4 is 23.6 Å². The summed E-state index contributed by atoms with van der Waals surface area (Å²) in [6.45, 7) is 1.30. The summed E-state index contributed by atoms with van der Waals surface area (Å²) in [6.07, 6.45) is -2.00. The average molecular weight is 436 g/mol. The molecule has 0 N–H and O–H groups in total. The topological polar surface area (TPSA) is 47.3 Å². The molecule has 0 saturated carbocycles. The molecule has 0 fully saturated rings. The van der Waals surface area contributed by atoms with Gasteiger partial charge in [-0.25, -0.2) is 0 Å². The van der Waals surface area contributed by atoms with Gasteiger partial charge in [-0.15, -0.1) is 0 Å². The van der Waals surface area contributed by atoms with E-state index < -0.39 is 16.8 Å². The van der Waals surface area contributed by atoms with E-state index in [4.69, 9.17) is 16.9 Å². The van der Waals surface area contributed by atoms with Gasteiger partial charge in [-0.05, 0) is 55.6 Å². The van der Waals surface area contributed by atoms with Crippen LogP contribution < -0.4 is 0 Å². The summed E-state index contributed by atoms with van der Waals surface area (Å²) < 4.78 is 39.1. The Morgan fingerprint density at radius 2 is 1.90 bits per heavy atom. The lowest BCUT2D eigenvalue weighted by molar-refractivity contribution is -0.137. The fraction of sp³-hybridized carbons (Fsp3) is 0.273. The van der Waals surface area contributed by atoms with Crippen molar-refractivity contribution in [1.29, 1.82) is 5.26 Å². The molecule has 0 aliphatic rings. The van der Waals surface area contributed by atoms with E-state index in [0.717, 1.165) is 17.7 Å². The maximum Gasteiger partial charge on any atom is 0.417 e. The van der Waals surface area contributed by atoms with Crippen LogP contribution >= 0.6 is 11.6 Å². The molecule has 0 heterocycles. The highest BCUT2D eigenvalue weighted by atomic mass is 35.5. The minimum Gasteiger partial charge on any atom is -0.334 e. The summed E-state index contributed by atoms with van der Waals surface area (Å²) in [5.74, 6) is -0.345. The van der Waals surface area contributed by atoms with E-state index in [1.807, 2.05) is 25.1 Å². The first-order chi connectivity index (χ1) is 14.1. The minimum atomic E-state index is -4.57. The first-order valence-electron chi connectivity index (χ1n) is 9.07. The Labute approximate surface area is 178 Å². The van der Waals surface area contributed by atoms with Crippen LogP contribution in [0.5, 0.6) is 0 Å². The number of carbonyl (C=O) groups is 1. The number of hydrogen-bond acceptors (Lipinski definition) is 3. The zero-order valence-corrected chi connectivity index (χ0v) is 17.3. The molecule has 2 aromatic rings. The second-order valence-corrected chi connectivity index (χ2v) is 7.35. The molecular weight excluding hydrogens is 415 g/mol. The van der Waals surface area contributed by atoms with E-state index in [-0.39, 0.29) is 18.0 Å². The van der Waals surface area contributed by atoms with Gasteiger partial charge in [0.05, 0.1) is 22.2 Å². The minimum absolute atomic E-state index is 0.221. The summed E-state index contributed by atoms with van der Waals surface area (Å²) in [6, 6.07) is 12.5. The summed E-state index contributed by atoms with van der Waals surface area (Å²) in [5.41, 5.74) is 0.556. The molecule has 8 heteroatoms. The fourth-order valence-electron chi connectivity index (χ4n) is 2.68. The van der Waals surface area contributed by atoms with Gasteiger partial charge in [0.15, 0.2) is 0 Å². The van der Waals surface area contributed by atoms with Crippen molar-refractivity contribution in [2.45, 2.75) is 12.7 Å². The van der Waals surface area contributed by atoms with Gasteiger partial charge >= 0.3 is 6.18 Å². The summed E-state index contributed by atoms with van der Waals surface area (Å²) >= 11 is 5.63. The van der Waals surface area contributed by atoms with Crippen LogP contribution in [0, 0.1) is 11.3 Å². The molecular formula is C22H21ClF3N3O. The molecule has 0 aliphatic carbocycles. The Bertz CT molecular complexity index is 965. The molecule has 0 radical (unpaired) electrons. The standard InChI is InChI=1S/C22H21ClF3N3O/c1-28(2)10-11-29(15-18-5-3-4-17(12-18)14-27)21(30)9-7-16-6-8-20(23)19(13-16)22(24,25)26/h3-9,12-13H,10-11,15H2,1-2H3. The number of likely N-dealkylation sites (N-methyl/N-ethyl adjacent to an activating group) is 1. The maximum absolute atomic E-state index is 13.0. The number of rotatable bonds is 7. The van der Waals surface area contributed by atoms with Crippen LogP contribution in [-0.4, -0.2) is 42.9 Å². The molecule has 4 nitrogen and oxygen atoms in total. The number of benzene rings is 2. The number of carbonyl (C=O) groups excluding carboxylic acids is 1. The van der Waals surface area contributed by atoms with Gasteiger partial charge < -0.3 is 9.80 Å². The highest BCUT2D eigenvalue weighted by Crippen LogP contribution is 2.35. The molecule has 1 amide bonds. The Balaban J connectivity index is 2.22. The third-order valence-electron chi connectivity index (χ3n) is 4.27. The Morgan fingerprint density at radius 1 is 1.17 bits per heavy atom. The van der Waals surface area contributed by atoms with Crippen LogP contribution in [0.15, 0.2) is 48.5 Å². The number of nitrogens with zero attached hydrogens (tertiary/aromatic N) is 3. The number of amides is 1. The Hall–Kier alpha value is -2.82. The van der Waals surface area contributed by atoms with Crippen molar-refractivity contribution in [1.82, 2.24) is 9.80 Å². The van der Waals surface area contributed by atoms with E-state index in [1.165, 1.54) is 18.2 Å². The van der Waals surface area contributed by atoms with Crippen molar-refractivity contribution in [3.63, 3.8) is 0 Å². The first kappa shape index (κ1) is 23.5. The summed E-state index contributed by atoms with van der Waals surface area (Å²) in [4.78, 5) is 16.2. The Kier molecular flexibility index (Phi) is 8.04. The van der Waals surface area contributed by atoms with Crippen molar-refractivity contribution in [2.24, 2.45) is 0 Å². The second kappa shape index (κ2) is 10.3. The van der Waals surface area contributed by atoms with Gasteiger partial charge in [0, 0.05) is 25.7 Å². The second-order valence-electron chi connectivity index (χ2n) is 6.95. The van der Waals surface area contributed by atoms with Gasteiger partial charge in [-0.3, -0.25) is 4.79 Å². The summed E-state index contributed by atoms with van der Waals surface area (Å²) in [5, 5.41) is 8.66. The quantitative estimate of drug-likeness (QED) is 0.585. The fourth-order valence-corrected chi connectivity index (χ4v) is 2.91. The highest BCUT2D eigenvalue weighted by molar-refractivity contribution is 6.31. The lowest BCUT2D eigenvalue weighted by Gasteiger charge is -2.23. The van der Waals surface area contributed by atoms with E-state index >= 15 is 0 Å². The molecule has 0 bridgehead atoms. The van der Waals surface area contributed by atoms with Gasteiger partial charge in [-0.1, -0.05) is 29.8 Å². The SMILES string of the molecule is CN(C)CCN(Cc1cccc(C#N)c1)C(=O)C=Cc1ccc(Cl)c(C(F)(F)F)c1. The van der Waals surface area contributed by atoms with Crippen molar-refractivity contribution in [2.75, 3.05) is 27.2 Å². The number of halogens is 4. The van der Waals surface area contributed by atoms with E-state index in [2.05, 4.69) is 6.07 Å². The van der Waals surface area contributed by atoms with Crippen LogP contribution in [0.2, 0.25) is 5.02 Å². The van der Waals surface area contributed by atoms with Crippen LogP contribution in [0.1, 0.15) is 22.3 Å². The van der Waals surface area contributed by atoms with Crippen molar-refractivity contribution in [3.05, 3.63) is 75.8 Å². The van der Waals surface area contributed by atoms with Crippen LogP contribution in [0.3, 0.4) is 0 Å². The number of alkyl halides is 3. The first-order valence-corrected chi connectivity index (χ1v) is 9.45. The number of nitriles is 1. The zero-order valence-electron chi connectivity index (χ0n) is 16.6. The Morgan fingerprint density at radius 3 is 2.53 bits per heavy atom. The van der Waals surface area contributed by atoms with E-state index in [0.29, 0.717) is 18.7 Å². The summed E-state index contributed by atoms with van der Waals surface area (Å²) in [7, 11) is 3.75. The van der Waals surface area contributed by atoms with E-state index in [9.17, 15) is 18.0 Å². The van der Waals surface area contributed by atoms with Crippen molar-refractivity contribution in [3.8, 4) is 6.07 Å². The van der Waals surface area contributed by atoms with Crippen molar-refractivity contribution < 1.29 is 18.0 Å². The molecule has 0 aliphatic heterocycles. The third-order valence-corrected chi connectivity index (χ3v) is 4.60. The molecule has 158 valence electrons. The predicted octanol–water partition coefficient (Wildman–Crippen LogP) is 4.83. The van der Waals surface area contributed by atoms with Gasteiger partial charge in [0.2, 0.25) is 5.91 Å². The molecule has 0 aromatic heterocycles. The maximum atomic E-state index is 13.0. The molecule has 0 saturated heterocycles. The predicted molar refractivity (Wildman–Crippen MR) is 111 cm³/mol. The largest absolute Gasteiger partial charge is 0.417 e. The van der Waals surface area contributed by atoms with E-state index in [1.54, 1.807) is 23.1 Å². The lowest BCUT2D eigenvalue weighted by atomic mass is 10.1. The smallest absolute Gasteiger partial charge is 0.334 e. The number of hydrogen-bond donors (Lipinski definition) is 0. The molecule has 30 heavy (non-hydrogen) atoms. The monoisotopic (exact) mass is 435 g/mol. The van der Waals surface area contributed by atoms with Gasteiger partial charge in [0.25, 0.3) is 0 Å². The molecule has 0 spiro atoms. The molecule has 2 rings (SSSR count). The van der Waals surface area contributed by atoms with Crippen LogP contribution in [-0.2, 0) is 17.5 Å². The molecule has 0 atom stereocenters. The highest BCUT2D eigenvalue weighted by Gasteiger charge is 2.33. The normalized spacial score (nSPS) is 11.7. The van der Waals surface area contributed by atoms with Gasteiger partial charge in [0.1, 0.15) is 0 Å². The lowest BCUT2D eigenvalue weighted by Crippen LogP contribution is -2.35. The zero-order chi connectivity index (χ0) is 22.3. The average Bonchev–Trinajstić information content (AvgIpc) is 2.69. The van der Waals surface area contributed by atoms with Crippen LogP contribution in [0.4, 0.5) is 13.2 Å². The third kappa shape index (κ3) is 6.90. The molecule has 2 aromatic carbocycles. The molecule has 0 unspecified atom stereocenters.